The Morgan fingerprint density at radius 1 is 1.24 bits per heavy atom. The van der Waals surface area contributed by atoms with Gasteiger partial charge in [0.05, 0.1) is 12.7 Å². The van der Waals surface area contributed by atoms with Crippen LogP contribution in [-0.4, -0.2) is 32.8 Å². The molecule has 1 N–H and O–H groups in total. The first-order chi connectivity index (χ1) is 12.0. The zero-order chi connectivity index (χ0) is 17.7. The van der Waals surface area contributed by atoms with E-state index in [1.807, 2.05) is 24.3 Å². The third kappa shape index (κ3) is 2.18. The number of hydrogen-bond acceptors (Lipinski definition) is 5. The first kappa shape index (κ1) is 15.3. The Morgan fingerprint density at radius 3 is 2.80 bits per heavy atom. The normalized spacial score (nSPS) is 13.3. The van der Waals surface area contributed by atoms with Crippen LogP contribution in [0.5, 0.6) is 11.5 Å². The number of ether oxygens (including phenoxy) is 2. The number of aryl methyl sites for hydroxylation is 1. The van der Waals surface area contributed by atoms with Crippen LogP contribution in [0.2, 0.25) is 0 Å². The third-order valence-corrected chi connectivity index (χ3v) is 4.35. The molecule has 0 saturated heterocycles. The molecule has 0 aliphatic carbocycles. The van der Waals surface area contributed by atoms with E-state index in [2.05, 4.69) is 9.97 Å². The van der Waals surface area contributed by atoms with Gasteiger partial charge < -0.3 is 14.5 Å². The highest BCUT2D eigenvalue weighted by Gasteiger charge is 2.20. The zero-order valence-electron chi connectivity index (χ0n) is 14.0. The number of H-pyrrole nitrogens is 1. The Kier molecular flexibility index (Phi) is 3.28. The molecule has 8 nitrogen and oxygen atoms in total. The van der Waals surface area contributed by atoms with Crippen LogP contribution in [0.15, 0.2) is 27.8 Å². The molecule has 4 rings (SSSR count). The Hall–Kier alpha value is -3.29. The second kappa shape index (κ2) is 5.37. The zero-order valence-corrected chi connectivity index (χ0v) is 14.0. The maximum absolute atomic E-state index is 12.3. The summed E-state index contributed by atoms with van der Waals surface area (Å²) >= 11 is 0. The molecule has 2 aromatic heterocycles. The van der Waals surface area contributed by atoms with Crippen molar-refractivity contribution in [1.29, 1.82) is 0 Å². The quantitative estimate of drug-likeness (QED) is 0.748. The predicted molar refractivity (Wildman–Crippen MR) is 92.9 cm³/mol. The molecule has 1 aliphatic rings. The molecule has 0 unspecified atom stereocenters. The molecule has 3 aromatic rings. The maximum Gasteiger partial charge on any atom is 0.332 e. The summed E-state index contributed by atoms with van der Waals surface area (Å²) < 4.78 is 13.5. The molecule has 0 saturated carbocycles. The molecule has 0 spiro atoms. The molecule has 0 atom stereocenters. The number of methoxy groups -OCH3 is 1. The number of benzene rings is 1. The Morgan fingerprint density at radius 2 is 2.04 bits per heavy atom. The number of imidazole rings is 1. The van der Waals surface area contributed by atoms with E-state index in [-0.39, 0.29) is 5.52 Å². The van der Waals surface area contributed by atoms with Crippen molar-refractivity contribution >= 4 is 22.8 Å². The van der Waals surface area contributed by atoms with E-state index in [0.29, 0.717) is 23.8 Å². The van der Waals surface area contributed by atoms with Crippen LogP contribution in [0.3, 0.4) is 0 Å². The molecule has 1 aliphatic heterocycles. The van der Waals surface area contributed by atoms with Crippen molar-refractivity contribution in [2.75, 3.05) is 13.7 Å². The van der Waals surface area contributed by atoms with Crippen LogP contribution in [-0.2, 0) is 14.1 Å². The summed E-state index contributed by atoms with van der Waals surface area (Å²) in [5.74, 6) is 1.90. The summed E-state index contributed by atoms with van der Waals surface area (Å²) in [6.07, 6.45) is 1.91. The van der Waals surface area contributed by atoms with Gasteiger partial charge in [0.15, 0.2) is 5.65 Å². The number of aromatic nitrogens is 4. The van der Waals surface area contributed by atoms with Gasteiger partial charge in [-0.3, -0.25) is 13.9 Å². The van der Waals surface area contributed by atoms with Gasteiger partial charge in [0.1, 0.15) is 29.4 Å². The predicted octanol–water partition coefficient (Wildman–Crippen LogP) is 0.902. The molecule has 128 valence electrons. The minimum absolute atomic E-state index is 0.284. The summed E-state index contributed by atoms with van der Waals surface area (Å²) in [5, 5.41) is 0. The van der Waals surface area contributed by atoms with Crippen molar-refractivity contribution in [3.05, 3.63) is 50.4 Å². The minimum atomic E-state index is -0.420. The second-order valence-electron chi connectivity index (χ2n) is 5.82. The first-order valence-electron chi connectivity index (χ1n) is 7.67. The van der Waals surface area contributed by atoms with Crippen LogP contribution in [0, 0.1) is 0 Å². The Balaban J connectivity index is 1.93. The van der Waals surface area contributed by atoms with Gasteiger partial charge >= 0.3 is 5.69 Å². The van der Waals surface area contributed by atoms with Crippen LogP contribution in [0.4, 0.5) is 0 Å². The Bertz CT molecular complexity index is 1150. The fraction of sp³-hybridized carbons (Fsp3) is 0.235. The van der Waals surface area contributed by atoms with Gasteiger partial charge in [-0.05, 0) is 18.2 Å². The van der Waals surface area contributed by atoms with Gasteiger partial charge in [0.2, 0.25) is 0 Å². The number of aromatic amines is 1. The van der Waals surface area contributed by atoms with E-state index in [9.17, 15) is 9.59 Å². The fourth-order valence-electron chi connectivity index (χ4n) is 2.96. The number of nitrogens with one attached hydrogen (secondary N) is 1. The summed E-state index contributed by atoms with van der Waals surface area (Å²) in [7, 11) is 4.62. The summed E-state index contributed by atoms with van der Waals surface area (Å²) in [6.45, 7) is 0.300. The van der Waals surface area contributed by atoms with Crippen molar-refractivity contribution in [2.45, 2.75) is 0 Å². The summed E-state index contributed by atoms with van der Waals surface area (Å²) in [5.41, 5.74) is 1.35. The molecule has 0 bridgehead atoms. The number of rotatable bonds is 2. The van der Waals surface area contributed by atoms with Gasteiger partial charge in [-0.25, -0.2) is 9.78 Å². The van der Waals surface area contributed by atoms with Crippen LogP contribution in [0.1, 0.15) is 11.4 Å². The lowest BCUT2D eigenvalue weighted by Gasteiger charge is -2.18. The van der Waals surface area contributed by atoms with E-state index in [4.69, 9.17) is 9.47 Å². The molecular weight excluding hydrogens is 324 g/mol. The van der Waals surface area contributed by atoms with Crippen LogP contribution in [0.25, 0.3) is 22.8 Å². The smallest absolute Gasteiger partial charge is 0.332 e. The standard InChI is InChI=1S/C17H16N4O4/c1-20-15-13(16(22)21(2)17(20)23)18-14(19-15)9-7-10-11(24-3)5-4-6-12(10)25-8-9/h4-7H,8H2,1-3H3,(H,18,19). The van der Waals surface area contributed by atoms with Gasteiger partial charge in [-0.15, -0.1) is 0 Å². The Labute approximate surface area is 142 Å². The van der Waals surface area contributed by atoms with E-state index in [1.165, 1.54) is 11.6 Å². The number of hydrogen-bond donors (Lipinski definition) is 1. The molecule has 0 fully saturated rings. The van der Waals surface area contributed by atoms with E-state index in [0.717, 1.165) is 21.5 Å². The fourth-order valence-corrected chi connectivity index (χ4v) is 2.96. The maximum atomic E-state index is 12.3. The topological polar surface area (TPSA) is 91.1 Å². The van der Waals surface area contributed by atoms with Crippen molar-refractivity contribution < 1.29 is 9.47 Å². The molecule has 1 aromatic carbocycles. The highest BCUT2D eigenvalue weighted by molar-refractivity contribution is 5.87. The molecule has 0 radical (unpaired) electrons. The van der Waals surface area contributed by atoms with Gasteiger partial charge in [-0.2, -0.15) is 0 Å². The average molecular weight is 340 g/mol. The first-order valence-corrected chi connectivity index (χ1v) is 7.67. The van der Waals surface area contributed by atoms with E-state index in [1.54, 1.807) is 14.2 Å². The number of nitrogens with zero attached hydrogens (tertiary/aromatic N) is 3. The highest BCUT2D eigenvalue weighted by atomic mass is 16.5. The molecule has 3 heterocycles. The largest absolute Gasteiger partial charge is 0.496 e. The average Bonchev–Trinajstić information content (AvgIpc) is 3.09. The monoisotopic (exact) mass is 340 g/mol. The van der Waals surface area contributed by atoms with Crippen LogP contribution < -0.4 is 20.7 Å². The minimum Gasteiger partial charge on any atom is -0.496 e. The molecular formula is C17H16N4O4. The van der Waals surface area contributed by atoms with Crippen molar-refractivity contribution in [2.24, 2.45) is 14.1 Å². The third-order valence-electron chi connectivity index (χ3n) is 4.35. The van der Waals surface area contributed by atoms with Crippen molar-refractivity contribution in [1.82, 2.24) is 19.1 Å². The molecule has 8 heteroatoms. The molecule has 25 heavy (non-hydrogen) atoms. The summed E-state index contributed by atoms with van der Waals surface area (Å²) in [6, 6.07) is 5.57. The summed E-state index contributed by atoms with van der Waals surface area (Å²) in [4.78, 5) is 31.8. The van der Waals surface area contributed by atoms with Gasteiger partial charge in [0.25, 0.3) is 5.56 Å². The van der Waals surface area contributed by atoms with Crippen molar-refractivity contribution in [3.63, 3.8) is 0 Å². The lowest BCUT2D eigenvalue weighted by atomic mass is 10.1. The van der Waals surface area contributed by atoms with Gasteiger partial charge in [-0.1, -0.05) is 6.07 Å². The SMILES string of the molecule is COc1cccc2c1C=C(c1nc3c([nH]1)c(=O)n(C)c(=O)n3C)CO2. The highest BCUT2D eigenvalue weighted by Crippen LogP contribution is 2.35. The molecule has 0 amide bonds. The van der Waals surface area contributed by atoms with E-state index < -0.39 is 11.2 Å². The number of fused-ring (bicyclic) bond motifs is 2. The second-order valence-corrected chi connectivity index (χ2v) is 5.82. The van der Waals surface area contributed by atoms with Gasteiger partial charge in [0, 0.05) is 19.7 Å². The lowest BCUT2D eigenvalue weighted by molar-refractivity contribution is 0.357. The van der Waals surface area contributed by atoms with Crippen LogP contribution >= 0.6 is 0 Å². The van der Waals surface area contributed by atoms with Crippen molar-refractivity contribution in [3.8, 4) is 11.5 Å². The lowest BCUT2D eigenvalue weighted by Crippen LogP contribution is -2.36. The van der Waals surface area contributed by atoms with E-state index >= 15 is 0 Å².